The Morgan fingerprint density at radius 3 is 2.75 bits per heavy atom. The quantitative estimate of drug-likeness (QED) is 0.645. The molecule has 0 fully saturated rings. The number of benzene rings is 1. The molecule has 0 heterocycles. The molecule has 0 radical (unpaired) electrons. The molecule has 0 aliphatic heterocycles. The summed E-state index contributed by atoms with van der Waals surface area (Å²) in [5.41, 5.74) is 1.67. The lowest BCUT2D eigenvalue weighted by molar-refractivity contribution is 0.209. The van der Waals surface area contributed by atoms with Gasteiger partial charge in [0.25, 0.3) is 0 Å². The third-order valence-corrected chi connectivity index (χ3v) is 2.22. The fourth-order valence-corrected chi connectivity index (χ4v) is 1.54. The number of anilines is 1. The van der Waals surface area contributed by atoms with Gasteiger partial charge in [0.1, 0.15) is 0 Å². The Morgan fingerprint density at radius 2 is 2.17 bits per heavy atom. The second-order valence-electron chi connectivity index (χ2n) is 2.22. The summed E-state index contributed by atoms with van der Waals surface area (Å²) in [7, 11) is 0. The van der Waals surface area contributed by atoms with E-state index in [2.05, 4.69) is 27.9 Å². The Kier molecular flexibility index (Phi) is 3.33. The van der Waals surface area contributed by atoms with E-state index >= 15 is 0 Å². The van der Waals surface area contributed by atoms with Gasteiger partial charge in [0.05, 0.1) is 0 Å². The Labute approximate surface area is 83.9 Å². The third-order valence-electron chi connectivity index (χ3n) is 1.40. The minimum absolute atomic E-state index is 0.666. The maximum Gasteiger partial charge on any atom is 0.409 e. The molecule has 0 aromatic heterocycles. The predicted octanol–water partition coefficient (Wildman–Crippen LogP) is 2.71. The lowest BCUT2D eigenvalue weighted by Gasteiger charge is -2.04. The molecule has 0 aliphatic carbocycles. The van der Waals surface area contributed by atoms with E-state index in [0.29, 0.717) is 5.69 Å². The number of alkyl halides is 1. The lowest BCUT2D eigenvalue weighted by atomic mass is 10.2. The largest absolute Gasteiger partial charge is 0.465 e. The zero-order valence-electron chi connectivity index (χ0n) is 6.25. The Bertz CT molecular complexity index is 288. The SMILES string of the molecule is O=C(O)Nc1ccccc1CI. The first-order valence-corrected chi connectivity index (χ1v) is 4.90. The molecule has 0 spiro atoms. The van der Waals surface area contributed by atoms with E-state index in [1.54, 1.807) is 12.1 Å². The van der Waals surface area contributed by atoms with Crippen LogP contribution in [0, 0.1) is 0 Å². The zero-order valence-corrected chi connectivity index (χ0v) is 8.41. The molecule has 4 heteroatoms. The number of rotatable bonds is 2. The number of para-hydroxylation sites is 1. The maximum absolute atomic E-state index is 10.3. The van der Waals surface area contributed by atoms with Crippen LogP contribution in [0.15, 0.2) is 24.3 Å². The van der Waals surface area contributed by atoms with Crippen molar-refractivity contribution in [2.45, 2.75) is 4.43 Å². The molecule has 2 N–H and O–H groups in total. The van der Waals surface area contributed by atoms with Gasteiger partial charge in [0.15, 0.2) is 0 Å². The van der Waals surface area contributed by atoms with Crippen molar-refractivity contribution in [3.05, 3.63) is 29.8 Å². The number of hydrogen-bond acceptors (Lipinski definition) is 1. The molecule has 1 aromatic rings. The van der Waals surface area contributed by atoms with Crippen molar-refractivity contribution in [2.24, 2.45) is 0 Å². The average Bonchev–Trinajstić information content (AvgIpc) is 2.04. The molecule has 0 atom stereocenters. The third kappa shape index (κ3) is 2.37. The summed E-state index contributed by atoms with van der Waals surface area (Å²) in [5.74, 6) is 0. The van der Waals surface area contributed by atoms with E-state index < -0.39 is 6.09 Å². The van der Waals surface area contributed by atoms with Crippen LogP contribution < -0.4 is 5.32 Å². The van der Waals surface area contributed by atoms with E-state index in [-0.39, 0.29) is 0 Å². The number of nitrogens with one attached hydrogen (secondary N) is 1. The highest BCUT2D eigenvalue weighted by atomic mass is 127. The summed E-state index contributed by atoms with van der Waals surface area (Å²) in [6, 6.07) is 7.35. The summed E-state index contributed by atoms with van der Waals surface area (Å²) in [4.78, 5) is 10.3. The molecule has 3 nitrogen and oxygen atoms in total. The van der Waals surface area contributed by atoms with Crippen LogP contribution in [0.5, 0.6) is 0 Å². The molecule has 0 aliphatic rings. The number of hydrogen-bond donors (Lipinski definition) is 2. The molecule has 0 saturated heterocycles. The minimum Gasteiger partial charge on any atom is -0.465 e. The Hall–Kier alpha value is -0.780. The van der Waals surface area contributed by atoms with Gasteiger partial charge in [-0.3, -0.25) is 5.32 Å². The first-order chi connectivity index (χ1) is 5.74. The fourth-order valence-electron chi connectivity index (χ4n) is 0.874. The number of carbonyl (C=O) groups is 1. The number of carboxylic acid groups (broad SMARTS) is 1. The second-order valence-corrected chi connectivity index (χ2v) is 2.98. The Balaban J connectivity index is 2.89. The molecular formula is C8H8INO2. The zero-order chi connectivity index (χ0) is 8.97. The van der Waals surface area contributed by atoms with Crippen molar-refractivity contribution in [3.8, 4) is 0 Å². The molecule has 1 aromatic carbocycles. The lowest BCUT2D eigenvalue weighted by Crippen LogP contribution is -2.08. The molecule has 1 amide bonds. The monoisotopic (exact) mass is 277 g/mol. The Morgan fingerprint density at radius 1 is 1.50 bits per heavy atom. The van der Waals surface area contributed by atoms with Crippen LogP contribution in [0.2, 0.25) is 0 Å². The first kappa shape index (κ1) is 9.31. The normalized spacial score (nSPS) is 9.42. The van der Waals surface area contributed by atoms with Crippen molar-refractivity contribution < 1.29 is 9.90 Å². The second kappa shape index (κ2) is 4.30. The molecule has 64 valence electrons. The maximum atomic E-state index is 10.3. The predicted molar refractivity (Wildman–Crippen MR) is 55.8 cm³/mol. The van der Waals surface area contributed by atoms with Crippen molar-refractivity contribution in [2.75, 3.05) is 5.32 Å². The highest BCUT2D eigenvalue weighted by Gasteiger charge is 2.01. The van der Waals surface area contributed by atoms with E-state index in [9.17, 15) is 4.79 Å². The van der Waals surface area contributed by atoms with Crippen LogP contribution in [0.25, 0.3) is 0 Å². The molecule has 0 saturated carbocycles. The van der Waals surface area contributed by atoms with Gasteiger partial charge in [-0.1, -0.05) is 40.8 Å². The summed E-state index contributed by atoms with van der Waals surface area (Å²) >= 11 is 2.19. The van der Waals surface area contributed by atoms with Crippen LogP contribution in [0.1, 0.15) is 5.56 Å². The topological polar surface area (TPSA) is 49.3 Å². The van der Waals surface area contributed by atoms with Gasteiger partial charge in [-0.2, -0.15) is 0 Å². The van der Waals surface area contributed by atoms with Crippen LogP contribution >= 0.6 is 22.6 Å². The summed E-state index contributed by atoms with van der Waals surface area (Å²) in [5, 5.41) is 10.8. The van der Waals surface area contributed by atoms with Crippen molar-refractivity contribution in [1.82, 2.24) is 0 Å². The molecule has 1 rings (SSSR count). The van der Waals surface area contributed by atoms with Crippen LogP contribution in [-0.2, 0) is 4.43 Å². The summed E-state index contributed by atoms with van der Waals surface area (Å²) in [6.45, 7) is 0. The van der Waals surface area contributed by atoms with Crippen molar-refractivity contribution in [1.29, 1.82) is 0 Å². The van der Waals surface area contributed by atoms with Gasteiger partial charge in [0.2, 0.25) is 0 Å². The summed E-state index contributed by atoms with van der Waals surface area (Å²) in [6.07, 6.45) is -1.02. The highest BCUT2D eigenvalue weighted by molar-refractivity contribution is 14.1. The van der Waals surface area contributed by atoms with Crippen LogP contribution in [0.3, 0.4) is 0 Å². The fraction of sp³-hybridized carbons (Fsp3) is 0.125. The van der Waals surface area contributed by atoms with Crippen LogP contribution in [0.4, 0.5) is 10.5 Å². The highest BCUT2D eigenvalue weighted by Crippen LogP contribution is 2.17. The van der Waals surface area contributed by atoms with Gasteiger partial charge < -0.3 is 5.11 Å². The van der Waals surface area contributed by atoms with Crippen LogP contribution in [-0.4, -0.2) is 11.2 Å². The molecule has 0 unspecified atom stereocenters. The van der Waals surface area contributed by atoms with Crippen molar-refractivity contribution in [3.63, 3.8) is 0 Å². The summed E-state index contributed by atoms with van der Waals surface area (Å²) < 4.78 is 0.800. The molecule has 0 bridgehead atoms. The van der Waals surface area contributed by atoms with Gasteiger partial charge in [-0.25, -0.2) is 4.79 Å². The van der Waals surface area contributed by atoms with E-state index in [1.165, 1.54) is 0 Å². The van der Waals surface area contributed by atoms with Gasteiger partial charge in [0, 0.05) is 10.1 Å². The average molecular weight is 277 g/mol. The molecule has 12 heavy (non-hydrogen) atoms. The standard InChI is InChI=1S/C8H8INO2/c9-5-6-3-1-2-4-7(6)10-8(11)12/h1-4,10H,5H2,(H,11,12). The van der Waals surface area contributed by atoms with E-state index in [1.807, 2.05) is 12.1 Å². The van der Waals surface area contributed by atoms with Gasteiger partial charge >= 0.3 is 6.09 Å². The number of amides is 1. The van der Waals surface area contributed by atoms with E-state index in [0.717, 1.165) is 9.99 Å². The van der Waals surface area contributed by atoms with Gasteiger partial charge in [-0.15, -0.1) is 0 Å². The van der Waals surface area contributed by atoms with E-state index in [4.69, 9.17) is 5.11 Å². The smallest absolute Gasteiger partial charge is 0.409 e. The minimum atomic E-state index is -1.02. The first-order valence-electron chi connectivity index (χ1n) is 3.38. The van der Waals surface area contributed by atoms with Crippen molar-refractivity contribution >= 4 is 34.4 Å². The number of halogens is 1. The van der Waals surface area contributed by atoms with Gasteiger partial charge in [-0.05, 0) is 11.6 Å². The molecular weight excluding hydrogens is 269 g/mol.